The summed E-state index contributed by atoms with van der Waals surface area (Å²) in [6.07, 6.45) is 0. The van der Waals surface area contributed by atoms with E-state index in [2.05, 4.69) is 24.1 Å². The summed E-state index contributed by atoms with van der Waals surface area (Å²) in [6, 6.07) is 3.11. The van der Waals surface area contributed by atoms with Crippen molar-refractivity contribution in [1.29, 1.82) is 0 Å². The molecule has 8 heteroatoms. The van der Waals surface area contributed by atoms with Gasteiger partial charge in [-0.3, -0.25) is 10.1 Å². The number of carboxylic acid groups (broad SMARTS) is 1. The molecule has 2 rings (SSSR count). The number of aliphatic carboxylic acids is 1. The van der Waals surface area contributed by atoms with Crippen LogP contribution in [0.2, 0.25) is 5.02 Å². The fourth-order valence-corrected chi connectivity index (χ4v) is 4.14. The third-order valence-electron chi connectivity index (χ3n) is 4.18. The van der Waals surface area contributed by atoms with Gasteiger partial charge in [0, 0.05) is 12.3 Å². The van der Waals surface area contributed by atoms with Crippen molar-refractivity contribution in [3.63, 3.8) is 0 Å². The van der Waals surface area contributed by atoms with Gasteiger partial charge in [-0.1, -0.05) is 25.4 Å². The van der Waals surface area contributed by atoms with Crippen molar-refractivity contribution in [2.45, 2.75) is 25.3 Å². The summed E-state index contributed by atoms with van der Waals surface area (Å²) in [5.41, 5.74) is 0.881. The maximum absolute atomic E-state index is 11.1. The summed E-state index contributed by atoms with van der Waals surface area (Å²) in [5.74, 6) is 0.757. The minimum atomic E-state index is -0.843. The summed E-state index contributed by atoms with van der Waals surface area (Å²) < 4.78 is 11.3. The second kappa shape index (κ2) is 9.52. The van der Waals surface area contributed by atoms with Crippen LogP contribution >= 0.6 is 23.4 Å². The van der Waals surface area contributed by atoms with E-state index in [4.69, 9.17) is 26.2 Å². The topological polar surface area (TPSA) is 71.0 Å². The average Bonchev–Trinajstić information content (AvgIpc) is 3.10. The Morgan fingerprint density at radius 1 is 1.44 bits per heavy atom. The second-order valence-corrected chi connectivity index (χ2v) is 7.23. The molecule has 1 aromatic rings. The largest absolute Gasteiger partial charge is 0.493 e. The molecule has 0 radical (unpaired) electrons. The molecule has 2 unspecified atom stereocenters. The van der Waals surface area contributed by atoms with Crippen LogP contribution in [0.1, 0.15) is 24.8 Å². The van der Waals surface area contributed by atoms with Gasteiger partial charge < -0.3 is 19.5 Å². The molecule has 1 aromatic carbocycles. The number of thioether (sulfide) groups is 1. The lowest BCUT2D eigenvalue weighted by Crippen LogP contribution is -2.33. The van der Waals surface area contributed by atoms with Gasteiger partial charge in [-0.15, -0.1) is 11.8 Å². The van der Waals surface area contributed by atoms with Gasteiger partial charge in [0.25, 0.3) is 0 Å². The predicted octanol–water partition coefficient (Wildman–Crippen LogP) is 2.86. The van der Waals surface area contributed by atoms with Gasteiger partial charge in [-0.2, -0.15) is 0 Å². The number of carbonyl (C=O) groups is 1. The summed E-state index contributed by atoms with van der Waals surface area (Å²) in [5, 5.41) is 12.5. The predicted molar refractivity (Wildman–Crippen MR) is 101 cm³/mol. The van der Waals surface area contributed by atoms with Gasteiger partial charge in [0.1, 0.15) is 12.6 Å². The number of nitrogens with zero attached hydrogens (tertiary/aromatic N) is 1. The first-order valence-corrected chi connectivity index (χ1v) is 9.75. The van der Waals surface area contributed by atoms with Crippen LogP contribution in [0.25, 0.3) is 0 Å². The molecule has 0 amide bonds. The van der Waals surface area contributed by atoms with Crippen LogP contribution in [0.3, 0.4) is 0 Å². The molecule has 0 aromatic heterocycles. The van der Waals surface area contributed by atoms with Gasteiger partial charge in [-0.05, 0) is 30.8 Å². The Bertz CT molecular complexity index is 598. The molecule has 1 fully saturated rings. The molecule has 2 atom stereocenters. The Kier molecular flexibility index (Phi) is 7.68. The van der Waals surface area contributed by atoms with E-state index in [1.165, 1.54) is 11.8 Å². The van der Waals surface area contributed by atoms with Crippen molar-refractivity contribution in [2.75, 3.05) is 39.1 Å². The second-order valence-electron chi connectivity index (χ2n) is 5.68. The third kappa shape index (κ3) is 5.17. The van der Waals surface area contributed by atoms with Crippen LogP contribution < -0.4 is 14.8 Å². The SMILES string of the molecule is CCN(CC)CCOc1c(Cl)cc(C2NC(C(=O)O)CS2)cc1OC. The highest BCUT2D eigenvalue weighted by molar-refractivity contribution is 7.99. The number of nitrogens with one attached hydrogen (secondary N) is 1. The molecular weight excluding hydrogens is 364 g/mol. The number of likely N-dealkylation sites (N-methyl/N-ethyl adjacent to an activating group) is 1. The van der Waals surface area contributed by atoms with Gasteiger partial charge in [0.05, 0.1) is 17.5 Å². The number of hydrogen-bond acceptors (Lipinski definition) is 6. The molecule has 1 aliphatic heterocycles. The fourth-order valence-electron chi connectivity index (χ4n) is 2.65. The number of benzene rings is 1. The Labute approximate surface area is 157 Å². The smallest absolute Gasteiger partial charge is 0.321 e. The fraction of sp³-hybridized carbons (Fsp3) is 0.588. The van der Waals surface area contributed by atoms with Gasteiger partial charge in [0.15, 0.2) is 11.5 Å². The molecule has 2 N–H and O–H groups in total. The first-order valence-electron chi connectivity index (χ1n) is 8.33. The summed E-state index contributed by atoms with van der Waals surface area (Å²) in [6.45, 7) is 7.51. The van der Waals surface area contributed by atoms with E-state index >= 15 is 0 Å². The Morgan fingerprint density at radius 3 is 2.72 bits per heavy atom. The van der Waals surface area contributed by atoms with E-state index in [1.807, 2.05) is 12.1 Å². The van der Waals surface area contributed by atoms with E-state index in [0.29, 0.717) is 28.9 Å². The molecule has 25 heavy (non-hydrogen) atoms. The zero-order valence-electron chi connectivity index (χ0n) is 14.8. The van der Waals surface area contributed by atoms with Crippen LogP contribution in [-0.4, -0.2) is 61.1 Å². The lowest BCUT2D eigenvalue weighted by molar-refractivity contribution is -0.138. The van der Waals surface area contributed by atoms with E-state index in [9.17, 15) is 4.79 Å². The van der Waals surface area contributed by atoms with Gasteiger partial charge >= 0.3 is 5.97 Å². The Morgan fingerprint density at radius 2 is 2.16 bits per heavy atom. The van der Waals surface area contributed by atoms with E-state index in [0.717, 1.165) is 25.2 Å². The molecule has 1 heterocycles. The van der Waals surface area contributed by atoms with Crippen LogP contribution in [0.4, 0.5) is 0 Å². The molecule has 0 aliphatic carbocycles. The number of hydrogen-bond donors (Lipinski definition) is 2. The number of halogens is 1. The summed E-state index contributed by atoms with van der Waals surface area (Å²) >= 11 is 7.94. The average molecular weight is 389 g/mol. The maximum atomic E-state index is 11.1. The summed E-state index contributed by atoms with van der Waals surface area (Å²) in [7, 11) is 1.57. The van der Waals surface area contributed by atoms with Crippen LogP contribution in [0, 0.1) is 0 Å². The van der Waals surface area contributed by atoms with Crippen molar-refractivity contribution < 1.29 is 19.4 Å². The van der Waals surface area contributed by atoms with E-state index < -0.39 is 12.0 Å². The normalized spacial score (nSPS) is 20.0. The van der Waals surface area contributed by atoms with E-state index in [1.54, 1.807) is 7.11 Å². The highest BCUT2D eigenvalue weighted by Gasteiger charge is 2.31. The first kappa shape index (κ1) is 20.2. The number of ether oxygens (including phenoxy) is 2. The minimum absolute atomic E-state index is 0.128. The molecule has 0 saturated carbocycles. The lowest BCUT2D eigenvalue weighted by Gasteiger charge is -2.20. The van der Waals surface area contributed by atoms with Crippen molar-refractivity contribution in [3.8, 4) is 11.5 Å². The number of rotatable bonds is 9. The highest BCUT2D eigenvalue weighted by atomic mass is 35.5. The first-order chi connectivity index (χ1) is 12.0. The Hall–Kier alpha value is -1.15. The molecule has 1 saturated heterocycles. The lowest BCUT2D eigenvalue weighted by atomic mass is 10.2. The molecule has 0 bridgehead atoms. The molecule has 1 aliphatic rings. The molecule has 0 spiro atoms. The van der Waals surface area contributed by atoms with Crippen molar-refractivity contribution in [2.24, 2.45) is 0 Å². The van der Waals surface area contributed by atoms with Crippen LogP contribution in [0.15, 0.2) is 12.1 Å². The third-order valence-corrected chi connectivity index (χ3v) is 5.73. The summed E-state index contributed by atoms with van der Waals surface area (Å²) in [4.78, 5) is 13.4. The molecule has 6 nitrogen and oxygen atoms in total. The zero-order valence-corrected chi connectivity index (χ0v) is 16.3. The highest BCUT2D eigenvalue weighted by Crippen LogP contribution is 2.41. The van der Waals surface area contributed by atoms with Crippen molar-refractivity contribution >= 4 is 29.3 Å². The number of carboxylic acids is 1. The quantitative estimate of drug-likeness (QED) is 0.673. The van der Waals surface area contributed by atoms with Crippen molar-refractivity contribution in [3.05, 3.63) is 22.7 Å². The van der Waals surface area contributed by atoms with Gasteiger partial charge in [-0.25, -0.2) is 0 Å². The van der Waals surface area contributed by atoms with E-state index in [-0.39, 0.29) is 5.37 Å². The minimum Gasteiger partial charge on any atom is -0.493 e. The standard InChI is InChI=1S/C17H25ClN2O4S/c1-4-20(5-2)6-7-24-15-12(18)8-11(9-14(15)23-3)16-19-13(10-25-16)17(21)22/h8-9,13,16,19H,4-7,10H2,1-3H3,(H,21,22). The molecule has 140 valence electrons. The molecular formula is C17H25ClN2O4S. The monoisotopic (exact) mass is 388 g/mol. The zero-order chi connectivity index (χ0) is 18.4. The van der Waals surface area contributed by atoms with Crippen molar-refractivity contribution in [1.82, 2.24) is 10.2 Å². The van der Waals surface area contributed by atoms with Gasteiger partial charge in [0.2, 0.25) is 0 Å². The van der Waals surface area contributed by atoms with Crippen LogP contribution in [-0.2, 0) is 4.79 Å². The Balaban J connectivity index is 2.09. The maximum Gasteiger partial charge on any atom is 0.321 e. The van der Waals surface area contributed by atoms with Crippen LogP contribution in [0.5, 0.6) is 11.5 Å². The number of methoxy groups -OCH3 is 1.